The summed E-state index contributed by atoms with van der Waals surface area (Å²) in [6.07, 6.45) is 8.85. The highest BCUT2D eigenvalue weighted by molar-refractivity contribution is 5.72. The smallest absolute Gasteiger partial charge is 0.308 e. The molecule has 5 heteroatoms. The molecule has 2 aliphatic carbocycles. The molecule has 3 rings (SSSR count). The minimum Gasteiger partial charge on any atom is -0.462 e. The summed E-state index contributed by atoms with van der Waals surface area (Å²) in [6, 6.07) is 0. The van der Waals surface area contributed by atoms with Crippen LogP contribution in [0.15, 0.2) is 12.2 Å². The summed E-state index contributed by atoms with van der Waals surface area (Å²) in [7, 11) is 0. The molecule has 0 aromatic rings. The van der Waals surface area contributed by atoms with E-state index >= 15 is 0 Å². The van der Waals surface area contributed by atoms with Crippen molar-refractivity contribution < 1.29 is 24.2 Å². The standard InChI is InChI=1S/C25H40O5/c1-6-16(3)24(28)30-22-12-15(2)11-18-8-7-17(4)21(25(18,22)5)10-9-20-13-19(26)14-23(27)29-20/h7-8,15-22,26H,6,9-14H2,1-5H3/t15?,16-,17?,18?,19+,20?,21?,22-,25?/m0/s1. The topological polar surface area (TPSA) is 72.8 Å². The largest absolute Gasteiger partial charge is 0.462 e. The van der Waals surface area contributed by atoms with Gasteiger partial charge in [0.05, 0.1) is 18.4 Å². The van der Waals surface area contributed by atoms with Crippen molar-refractivity contribution in [1.82, 2.24) is 0 Å². The molecule has 1 saturated heterocycles. The van der Waals surface area contributed by atoms with Gasteiger partial charge in [0.2, 0.25) is 0 Å². The molecular weight excluding hydrogens is 380 g/mol. The predicted octanol–water partition coefficient (Wildman–Crippen LogP) is 4.67. The zero-order chi connectivity index (χ0) is 22.1. The lowest BCUT2D eigenvalue weighted by molar-refractivity contribution is -0.178. The molecule has 0 aromatic heterocycles. The lowest BCUT2D eigenvalue weighted by atomic mass is 9.51. The van der Waals surface area contributed by atoms with E-state index in [9.17, 15) is 14.7 Å². The average Bonchev–Trinajstić information content (AvgIpc) is 2.67. The number of esters is 2. The van der Waals surface area contributed by atoms with Crippen molar-refractivity contribution in [3.63, 3.8) is 0 Å². The van der Waals surface area contributed by atoms with Gasteiger partial charge in [-0.05, 0) is 55.8 Å². The van der Waals surface area contributed by atoms with E-state index in [4.69, 9.17) is 9.47 Å². The summed E-state index contributed by atoms with van der Waals surface area (Å²) in [4.78, 5) is 24.4. The maximum atomic E-state index is 12.7. The van der Waals surface area contributed by atoms with Crippen LogP contribution < -0.4 is 0 Å². The van der Waals surface area contributed by atoms with Gasteiger partial charge in [0, 0.05) is 11.8 Å². The van der Waals surface area contributed by atoms with Crippen molar-refractivity contribution in [2.45, 2.75) is 97.9 Å². The Morgan fingerprint density at radius 1 is 1.27 bits per heavy atom. The SMILES string of the molecule is CC[C@H](C)C(=O)O[C@H]1CC(C)CC2C=CC(C)C(CCC3C[C@@H](O)CC(=O)O3)C21C. The molecule has 1 saturated carbocycles. The van der Waals surface area contributed by atoms with E-state index in [1.165, 1.54) is 0 Å². The molecule has 0 amide bonds. The third-order valence-electron chi connectivity index (χ3n) is 8.15. The van der Waals surface area contributed by atoms with Crippen LogP contribution in [0.25, 0.3) is 0 Å². The molecule has 0 bridgehead atoms. The number of carbonyl (C=O) groups is 2. The summed E-state index contributed by atoms with van der Waals surface area (Å²) in [6.45, 7) is 10.8. The van der Waals surface area contributed by atoms with Crippen LogP contribution in [0.5, 0.6) is 0 Å². The van der Waals surface area contributed by atoms with Crippen LogP contribution in [-0.2, 0) is 19.1 Å². The van der Waals surface area contributed by atoms with Gasteiger partial charge in [-0.25, -0.2) is 0 Å². The molecule has 170 valence electrons. The predicted molar refractivity (Wildman–Crippen MR) is 115 cm³/mol. The fourth-order valence-corrected chi connectivity index (χ4v) is 6.03. The first-order chi connectivity index (χ1) is 14.1. The molecular formula is C25H40O5. The molecule has 30 heavy (non-hydrogen) atoms. The molecule has 9 atom stereocenters. The Labute approximate surface area is 181 Å². The molecule has 1 heterocycles. The molecule has 0 spiro atoms. The van der Waals surface area contributed by atoms with Gasteiger partial charge in [-0.3, -0.25) is 9.59 Å². The number of ether oxygens (including phenoxy) is 2. The first-order valence-electron chi connectivity index (χ1n) is 11.9. The molecule has 1 N–H and O–H groups in total. The van der Waals surface area contributed by atoms with Gasteiger partial charge in [0.15, 0.2) is 0 Å². The first-order valence-corrected chi connectivity index (χ1v) is 11.9. The Hall–Kier alpha value is -1.36. The van der Waals surface area contributed by atoms with Gasteiger partial charge >= 0.3 is 11.9 Å². The quantitative estimate of drug-likeness (QED) is 0.499. The maximum Gasteiger partial charge on any atom is 0.308 e. The Balaban J connectivity index is 1.79. The van der Waals surface area contributed by atoms with Crippen LogP contribution >= 0.6 is 0 Å². The molecule has 1 aliphatic heterocycles. The van der Waals surface area contributed by atoms with E-state index in [1.807, 2.05) is 13.8 Å². The third kappa shape index (κ3) is 4.76. The second-order valence-corrected chi connectivity index (χ2v) is 10.4. The second kappa shape index (κ2) is 9.42. The van der Waals surface area contributed by atoms with E-state index < -0.39 is 6.10 Å². The summed E-state index contributed by atoms with van der Waals surface area (Å²) in [5, 5.41) is 9.95. The first kappa shape index (κ1) is 23.3. The summed E-state index contributed by atoms with van der Waals surface area (Å²) < 4.78 is 11.7. The van der Waals surface area contributed by atoms with Crippen molar-refractivity contribution in [1.29, 1.82) is 0 Å². The van der Waals surface area contributed by atoms with Crippen molar-refractivity contribution in [3.05, 3.63) is 12.2 Å². The van der Waals surface area contributed by atoms with Crippen LogP contribution in [0.1, 0.15) is 79.6 Å². The Morgan fingerprint density at radius 2 is 2.00 bits per heavy atom. The van der Waals surface area contributed by atoms with Crippen LogP contribution in [0, 0.1) is 35.0 Å². The van der Waals surface area contributed by atoms with Crippen molar-refractivity contribution in [3.8, 4) is 0 Å². The van der Waals surface area contributed by atoms with E-state index in [2.05, 4.69) is 32.9 Å². The second-order valence-electron chi connectivity index (χ2n) is 10.4. The van der Waals surface area contributed by atoms with E-state index in [0.717, 1.165) is 32.1 Å². The average molecular weight is 421 g/mol. The summed E-state index contributed by atoms with van der Waals surface area (Å²) in [5.41, 5.74) is -0.124. The molecule has 6 unspecified atom stereocenters. The minimum atomic E-state index is -0.594. The van der Waals surface area contributed by atoms with Crippen LogP contribution in [-0.4, -0.2) is 35.4 Å². The molecule has 0 radical (unpaired) electrons. The fraction of sp³-hybridized carbons (Fsp3) is 0.840. The van der Waals surface area contributed by atoms with Crippen molar-refractivity contribution in [2.75, 3.05) is 0 Å². The van der Waals surface area contributed by atoms with Gasteiger partial charge in [0.1, 0.15) is 12.2 Å². The number of carbonyl (C=O) groups excluding carboxylic acids is 2. The van der Waals surface area contributed by atoms with Gasteiger partial charge < -0.3 is 14.6 Å². The highest BCUT2D eigenvalue weighted by Gasteiger charge is 2.54. The van der Waals surface area contributed by atoms with E-state index in [-0.39, 0.29) is 41.9 Å². The number of rotatable bonds is 6. The number of hydrogen-bond acceptors (Lipinski definition) is 5. The zero-order valence-electron chi connectivity index (χ0n) is 19.3. The van der Waals surface area contributed by atoms with Crippen LogP contribution in [0.2, 0.25) is 0 Å². The Morgan fingerprint density at radius 3 is 2.67 bits per heavy atom. The highest BCUT2D eigenvalue weighted by atomic mass is 16.6. The minimum absolute atomic E-state index is 0.0811. The number of allylic oxidation sites excluding steroid dienone is 2. The van der Waals surface area contributed by atoms with Crippen LogP contribution in [0.4, 0.5) is 0 Å². The summed E-state index contributed by atoms with van der Waals surface area (Å²) in [5.74, 6) is 1.15. The van der Waals surface area contributed by atoms with Gasteiger partial charge in [0.25, 0.3) is 0 Å². The van der Waals surface area contributed by atoms with Gasteiger partial charge in [-0.1, -0.05) is 46.8 Å². The fourth-order valence-electron chi connectivity index (χ4n) is 6.03. The molecule has 5 nitrogen and oxygen atoms in total. The lowest BCUT2D eigenvalue weighted by Gasteiger charge is -2.55. The Kier molecular flexibility index (Phi) is 7.32. The monoisotopic (exact) mass is 420 g/mol. The Bertz CT molecular complexity index is 658. The number of aliphatic hydroxyl groups is 1. The molecule has 0 aromatic carbocycles. The molecule has 2 fully saturated rings. The number of hydrogen-bond donors (Lipinski definition) is 1. The highest BCUT2D eigenvalue weighted by Crippen LogP contribution is 2.56. The van der Waals surface area contributed by atoms with Gasteiger partial charge in [-0.2, -0.15) is 0 Å². The van der Waals surface area contributed by atoms with E-state index in [1.54, 1.807) is 0 Å². The summed E-state index contributed by atoms with van der Waals surface area (Å²) >= 11 is 0. The normalized spacial score (nSPS) is 42.2. The molecule has 3 aliphatic rings. The van der Waals surface area contributed by atoms with Gasteiger partial charge in [-0.15, -0.1) is 0 Å². The number of aliphatic hydroxyl groups excluding tert-OH is 1. The number of fused-ring (bicyclic) bond motifs is 1. The zero-order valence-corrected chi connectivity index (χ0v) is 19.3. The van der Waals surface area contributed by atoms with Crippen molar-refractivity contribution >= 4 is 11.9 Å². The van der Waals surface area contributed by atoms with Crippen LogP contribution in [0.3, 0.4) is 0 Å². The maximum absolute atomic E-state index is 12.7. The van der Waals surface area contributed by atoms with E-state index in [0.29, 0.717) is 30.1 Å². The third-order valence-corrected chi connectivity index (χ3v) is 8.15. The lowest BCUT2D eigenvalue weighted by Crippen LogP contribution is -2.54. The van der Waals surface area contributed by atoms with Crippen molar-refractivity contribution in [2.24, 2.45) is 35.0 Å². The number of cyclic esters (lactones) is 1.